The van der Waals surface area contributed by atoms with Gasteiger partial charge >= 0.3 is 6.09 Å². The summed E-state index contributed by atoms with van der Waals surface area (Å²) in [5, 5.41) is 7.56. The lowest BCUT2D eigenvalue weighted by Crippen LogP contribution is -2.27. The molecular formula is C16H18N6O2. The van der Waals surface area contributed by atoms with E-state index >= 15 is 0 Å². The molecule has 1 amide bonds. The van der Waals surface area contributed by atoms with Gasteiger partial charge in [-0.2, -0.15) is 5.10 Å². The van der Waals surface area contributed by atoms with E-state index in [1.165, 1.54) is 6.33 Å². The third-order valence-corrected chi connectivity index (χ3v) is 3.12. The quantitative estimate of drug-likeness (QED) is 0.701. The second-order valence-electron chi connectivity index (χ2n) is 6.23. The van der Waals surface area contributed by atoms with E-state index < -0.39 is 11.7 Å². The van der Waals surface area contributed by atoms with E-state index in [1.807, 2.05) is 12.1 Å². The molecule has 0 aliphatic carbocycles. The second-order valence-corrected chi connectivity index (χ2v) is 6.23. The van der Waals surface area contributed by atoms with E-state index in [4.69, 9.17) is 10.5 Å². The van der Waals surface area contributed by atoms with Gasteiger partial charge in [-0.3, -0.25) is 5.32 Å². The Hall–Kier alpha value is -3.16. The van der Waals surface area contributed by atoms with Crippen LogP contribution in [0.1, 0.15) is 20.8 Å². The monoisotopic (exact) mass is 326 g/mol. The summed E-state index contributed by atoms with van der Waals surface area (Å²) in [6, 6.07) is 7.24. The van der Waals surface area contributed by atoms with Gasteiger partial charge in [-0.25, -0.2) is 19.4 Å². The lowest BCUT2D eigenvalue weighted by Gasteiger charge is -2.19. The molecule has 0 atom stereocenters. The van der Waals surface area contributed by atoms with Crippen molar-refractivity contribution in [1.29, 1.82) is 0 Å². The molecule has 0 aliphatic heterocycles. The number of hydrogen-bond acceptors (Lipinski definition) is 6. The summed E-state index contributed by atoms with van der Waals surface area (Å²) in [6.07, 6.45) is 2.38. The number of ether oxygens (including phenoxy) is 1. The highest BCUT2D eigenvalue weighted by atomic mass is 16.6. The Bertz CT molecular complexity index is 880. The van der Waals surface area contributed by atoms with Gasteiger partial charge in [-0.15, -0.1) is 0 Å². The topological polar surface area (TPSA) is 108 Å². The molecule has 3 aromatic rings. The highest BCUT2D eigenvalue weighted by molar-refractivity contribution is 5.95. The first-order valence-corrected chi connectivity index (χ1v) is 7.38. The van der Waals surface area contributed by atoms with Crippen molar-refractivity contribution in [3.63, 3.8) is 0 Å². The van der Waals surface area contributed by atoms with E-state index in [9.17, 15) is 4.79 Å². The molecule has 24 heavy (non-hydrogen) atoms. The molecule has 0 fully saturated rings. The van der Waals surface area contributed by atoms with Gasteiger partial charge in [0, 0.05) is 5.69 Å². The maximum absolute atomic E-state index is 12.0. The lowest BCUT2D eigenvalue weighted by atomic mass is 10.2. The molecule has 0 saturated carbocycles. The van der Waals surface area contributed by atoms with Crippen molar-refractivity contribution in [3.8, 4) is 5.69 Å². The van der Waals surface area contributed by atoms with Gasteiger partial charge < -0.3 is 10.5 Å². The number of aromatic nitrogens is 4. The number of anilines is 2. The normalized spacial score (nSPS) is 11.5. The van der Waals surface area contributed by atoms with Crippen molar-refractivity contribution >= 4 is 28.6 Å². The summed E-state index contributed by atoms with van der Waals surface area (Å²) in [5.74, 6) is 0.343. The van der Waals surface area contributed by atoms with Crippen molar-refractivity contribution in [2.75, 3.05) is 11.1 Å². The molecule has 0 aliphatic rings. The largest absolute Gasteiger partial charge is 0.444 e. The molecule has 124 valence electrons. The number of nitrogen functional groups attached to an aromatic ring is 1. The van der Waals surface area contributed by atoms with Gasteiger partial charge in [-0.1, -0.05) is 0 Å². The molecule has 0 saturated heterocycles. The number of hydrogen-bond donors (Lipinski definition) is 2. The number of rotatable bonds is 2. The summed E-state index contributed by atoms with van der Waals surface area (Å²) in [5.41, 5.74) is 7.15. The predicted octanol–water partition coefficient (Wildman–Crippen LogP) is 2.74. The summed E-state index contributed by atoms with van der Waals surface area (Å²) < 4.78 is 6.89. The molecule has 8 nitrogen and oxygen atoms in total. The van der Waals surface area contributed by atoms with Crippen LogP contribution in [0.5, 0.6) is 0 Å². The number of nitrogens with two attached hydrogens (primary N) is 1. The van der Waals surface area contributed by atoms with Crippen molar-refractivity contribution < 1.29 is 9.53 Å². The fourth-order valence-electron chi connectivity index (χ4n) is 2.15. The van der Waals surface area contributed by atoms with E-state index in [-0.39, 0.29) is 0 Å². The van der Waals surface area contributed by atoms with E-state index in [2.05, 4.69) is 20.4 Å². The van der Waals surface area contributed by atoms with Crippen LogP contribution >= 0.6 is 0 Å². The Morgan fingerprint density at radius 1 is 1.21 bits per heavy atom. The summed E-state index contributed by atoms with van der Waals surface area (Å²) in [4.78, 5) is 20.3. The van der Waals surface area contributed by atoms with Crippen LogP contribution in [0.25, 0.3) is 16.7 Å². The number of fused-ring (bicyclic) bond motifs is 1. The SMILES string of the molecule is CC(C)(C)OC(=O)Nc1ncnc2c1cnn2-c1ccc(N)cc1. The van der Waals surface area contributed by atoms with Crippen LogP contribution in [0.2, 0.25) is 0 Å². The van der Waals surface area contributed by atoms with Crippen molar-refractivity contribution in [1.82, 2.24) is 19.7 Å². The molecule has 8 heteroatoms. The summed E-state index contributed by atoms with van der Waals surface area (Å²) in [6.45, 7) is 5.38. The third-order valence-electron chi connectivity index (χ3n) is 3.12. The van der Waals surface area contributed by atoms with Crippen LogP contribution in [0.4, 0.5) is 16.3 Å². The highest BCUT2D eigenvalue weighted by Crippen LogP contribution is 2.22. The molecule has 2 heterocycles. The number of nitrogens with zero attached hydrogens (tertiary/aromatic N) is 4. The van der Waals surface area contributed by atoms with Crippen LogP contribution < -0.4 is 11.1 Å². The predicted molar refractivity (Wildman–Crippen MR) is 90.9 cm³/mol. The Balaban J connectivity index is 1.95. The number of carbonyl (C=O) groups excluding carboxylic acids is 1. The van der Waals surface area contributed by atoms with Crippen molar-refractivity contribution in [2.24, 2.45) is 0 Å². The smallest absolute Gasteiger partial charge is 0.413 e. The minimum atomic E-state index is -0.593. The van der Waals surface area contributed by atoms with E-state index in [0.29, 0.717) is 22.5 Å². The maximum Gasteiger partial charge on any atom is 0.413 e. The lowest BCUT2D eigenvalue weighted by molar-refractivity contribution is 0.0635. The number of amides is 1. The minimum absolute atomic E-state index is 0.343. The van der Waals surface area contributed by atoms with E-state index in [1.54, 1.807) is 43.8 Å². The number of nitrogens with one attached hydrogen (secondary N) is 1. The molecule has 0 bridgehead atoms. The molecule has 1 aromatic carbocycles. The number of carbonyl (C=O) groups is 1. The fourth-order valence-corrected chi connectivity index (χ4v) is 2.15. The molecule has 3 rings (SSSR count). The van der Waals surface area contributed by atoms with Crippen LogP contribution in [-0.2, 0) is 4.74 Å². The van der Waals surface area contributed by atoms with E-state index in [0.717, 1.165) is 5.69 Å². The average molecular weight is 326 g/mol. The summed E-state index contributed by atoms with van der Waals surface area (Å²) in [7, 11) is 0. The maximum atomic E-state index is 12.0. The first-order valence-electron chi connectivity index (χ1n) is 7.38. The van der Waals surface area contributed by atoms with Crippen molar-refractivity contribution in [3.05, 3.63) is 36.8 Å². The fraction of sp³-hybridized carbons (Fsp3) is 0.250. The zero-order chi connectivity index (χ0) is 17.3. The Labute approximate surface area is 138 Å². The molecule has 2 aromatic heterocycles. The highest BCUT2D eigenvalue weighted by Gasteiger charge is 2.18. The molecule has 3 N–H and O–H groups in total. The Kier molecular flexibility index (Phi) is 3.80. The van der Waals surface area contributed by atoms with Gasteiger partial charge in [0.25, 0.3) is 0 Å². The Morgan fingerprint density at radius 3 is 2.58 bits per heavy atom. The van der Waals surface area contributed by atoms with Gasteiger partial charge in [0.15, 0.2) is 5.65 Å². The van der Waals surface area contributed by atoms with Crippen LogP contribution in [0.15, 0.2) is 36.8 Å². The molecule has 0 radical (unpaired) electrons. The average Bonchev–Trinajstić information content (AvgIpc) is 2.91. The molecule has 0 unspecified atom stereocenters. The van der Waals surface area contributed by atoms with Crippen molar-refractivity contribution in [2.45, 2.75) is 26.4 Å². The van der Waals surface area contributed by atoms with Crippen LogP contribution in [0.3, 0.4) is 0 Å². The third kappa shape index (κ3) is 3.27. The second kappa shape index (κ2) is 5.80. The zero-order valence-electron chi connectivity index (χ0n) is 13.6. The van der Waals surface area contributed by atoms with Gasteiger partial charge in [0.1, 0.15) is 17.7 Å². The molecule has 0 spiro atoms. The van der Waals surface area contributed by atoms with Crippen LogP contribution in [-0.4, -0.2) is 31.4 Å². The molecular weight excluding hydrogens is 308 g/mol. The first-order chi connectivity index (χ1) is 11.3. The van der Waals surface area contributed by atoms with Crippen LogP contribution in [0, 0.1) is 0 Å². The zero-order valence-corrected chi connectivity index (χ0v) is 13.6. The first kappa shape index (κ1) is 15.7. The Morgan fingerprint density at radius 2 is 1.92 bits per heavy atom. The minimum Gasteiger partial charge on any atom is -0.444 e. The summed E-state index contributed by atoms with van der Waals surface area (Å²) >= 11 is 0. The van der Waals surface area contributed by atoms with Gasteiger partial charge in [0.05, 0.1) is 17.3 Å². The van der Waals surface area contributed by atoms with Gasteiger partial charge in [-0.05, 0) is 45.0 Å². The standard InChI is InChI=1S/C16H18N6O2/c1-16(2,3)24-15(23)21-13-12-8-20-22(14(12)19-9-18-13)11-6-4-10(17)5-7-11/h4-9H,17H2,1-3H3,(H,18,19,21,23). The van der Waals surface area contributed by atoms with Gasteiger partial charge in [0.2, 0.25) is 0 Å². The number of benzene rings is 1.